The van der Waals surface area contributed by atoms with Crippen molar-refractivity contribution in [3.05, 3.63) is 24.0 Å². The van der Waals surface area contributed by atoms with Crippen LogP contribution in [-0.2, 0) is 14.3 Å². The number of carbonyl (C=O) groups excluding carboxylic acids is 1. The van der Waals surface area contributed by atoms with Gasteiger partial charge < -0.3 is 14.3 Å². The van der Waals surface area contributed by atoms with Crippen molar-refractivity contribution in [1.29, 1.82) is 0 Å². The zero-order chi connectivity index (χ0) is 8.97. The van der Waals surface area contributed by atoms with Crippen molar-refractivity contribution in [2.45, 2.75) is 6.10 Å². The molecule has 0 saturated heterocycles. The third-order valence-electron chi connectivity index (χ3n) is 1.86. The molecule has 0 aromatic heterocycles. The second kappa shape index (κ2) is 4.07. The lowest BCUT2D eigenvalue weighted by molar-refractivity contribution is -0.112. The highest BCUT2D eigenvalue weighted by Gasteiger charge is 2.19. The molecule has 0 radical (unpaired) electrons. The molecule has 1 rings (SSSR count). The lowest BCUT2D eigenvalue weighted by atomic mass is 9.98. The van der Waals surface area contributed by atoms with Gasteiger partial charge in [-0.1, -0.05) is 6.08 Å². The molecule has 0 fully saturated rings. The van der Waals surface area contributed by atoms with Gasteiger partial charge in [-0.3, -0.25) is 0 Å². The van der Waals surface area contributed by atoms with Crippen LogP contribution in [0.2, 0.25) is 0 Å². The molecule has 0 heterocycles. The van der Waals surface area contributed by atoms with Crippen LogP contribution in [0.15, 0.2) is 24.0 Å². The van der Waals surface area contributed by atoms with E-state index in [2.05, 4.69) is 0 Å². The molecule has 2 unspecified atom stereocenters. The smallest absolute Gasteiger partial charge is 0.129 e. The molecule has 12 heavy (non-hydrogen) atoms. The van der Waals surface area contributed by atoms with Crippen molar-refractivity contribution >= 4 is 6.29 Å². The van der Waals surface area contributed by atoms with E-state index in [9.17, 15) is 4.79 Å². The molecule has 0 aliphatic heterocycles. The SMILES string of the molecule is COC1=CC(OC)C(C=O)C=C1. The van der Waals surface area contributed by atoms with Crippen molar-refractivity contribution in [3.63, 3.8) is 0 Å². The summed E-state index contributed by atoms with van der Waals surface area (Å²) in [6.45, 7) is 0. The minimum absolute atomic E-state index is 0.186. The number of methoxy groups -OCH3 is 2. The molecular formula is C9H12O3. The lowest BCUT2D eigenvalue weighted by Gasteiger charge is -2.19. The third-order valence-corrected chi connectivity index (χ3v) is 1.86. The summed E-state index contributed by atoms with van der Waals surface area (Å²) in [4.78, 5) is 10.5. The molecule has 0 bridgehead atoms. The Morgan fingerprint density at radius 1 is 1.50 bits per heavy atom. The Morgan fingerprint density at radius 3 is 2.75 bits per heavy atom. The summed E-state index contributed by atoms with van der Waals surface area (Å²) < 4.78 is 10.1. The largest absolute Gasteiger partial charge is 0.497 e. The maximum atomic E-state index is 10.5. The highest BCUT2D eigenvalue weighted by Crippen LogP contribution is 2.17. The summed E-state index contributed by atoms with van der Waals surface area (Å²) in [6, 6.07) is 0. The standard InChI is InChI=1S/C9H12O3/c1-11-8-4-3-7(6-10)9(5-8)12-2/h3-7,9H,1-2H3. The van der Waals surface area contributed by atoms with Crippen molar-refractivity contribution in [1.82, 2.24) is 0 Å². The average molecular weight is 168 g/mol. The van der Waals surface area contributed by atoms with Gasteiger partial charge in [0.2, 0.25) is 0 Å². The van der Waals surface area contributed by atoms with Crippen LogP contribution in [0.5, 0.6) is 0 Å². The number of ether oxygens (including phenoxy) is 2. The van der Waals surface area contributed by atoms with Gasteiger partial charge >= 0.3 is 0 Å². The molecule has 66 valence electrons. The topological polar surface area (TPSA) is 35.5 Å². The van der Waals surface area contributed by atoms with E-state index in [0.29, 0.717) is 0 Å². The maximum absolute atomic E-state index is 10.5. The number of carbonyl (C=O) groups is 1. The molecular weight excluding hydrogens is 156 g/mol. The first kappa shape index (κ1) is 9.00. The molecule has 1 aliphatic rings. The predicted molar refractivity (Wildman–Crippen MR) is 44.6 cm³/mol. The van der Waals surface area contributed by atoms with Gasteiger partial charge in [-0.05, 0) is 12.2 Å². The van der Waals surface area contributed by atoms with Gasteiger partial charge in [0.15, 0.2) is 0 Å². The minimum atomic E-state index is -0.192. The number of aldehydes is 1. The Morgan fingerprint density at radius 2 is 2.25 bits per heavy atom. The van der Waals surface area contributed by atoms with Crippen LogP contribution in [0.3, 0.4) is 0 Å². The van der Waals surface area contributed by atoms with Crippen LogP contribution in [0.1, 0.15) is 0 Å². The Bertz CT molecular complexity index is 218. The summed E-state index contributed by atoms with van der Waals surface area (Å²) in [5.74, 6) is 0.550. The van der Waals surface area contributed by atoms with Gasteiger partial charge in [-0.25, -0.2) is 0 Å². The van der Waals surface area contributed by atoms with E-state index in [0.717, 1.165) is 12.0 Å². The fourth-order valence-corrected chi connectivity index (χ4v) is 1.13. The predicted octanol–water partition coefficient (Wildman–Crippen LogP) is 0.917. The van der Waals surface area contributed by atoms with Crippen LogP contribution in [0.4, 0.5) is 0 Å². The third kappa shape index (κ3) is 1.74. The van der Waals surface area contributed by atoms with E-state index in [1.54, 1.807) is 32.4 Å². The highest BCUT2D eigenvalue weighted by molar-refractivity contribution is 5.59. The van der Waals surface area contributed by atoms with E-state index in [-0.39, 0.29) is 12.0 Å². The maximum Gasteiger partial charge on any atom is 0.129 e. The van der Waals surface area contributed by atoms with Gasteiger partial charge in [0.1, 0.15) is 12.0 Å². The first-order valence-electron chi connectivity index (χ1n) is 3.74. The Kier molecular flexibility index (Phi) is 3.05. The van der Waals surface area contributed by atoms with E-state index in [1.165, 1.54) is 0 Å². The molecule has 0 N–H and O–H groups in total. The van der Waals surface area contributed by atoms with Crippen molar-refractivity contribution in [2.75, 3.05) is 14.2 Å². The van der Waals surface area contributed by atoms with Crippen LogP contribution >= 0.6 is 0 Å². The summed E-state index contributed by atoms with van der Waals surface area (Å²) in [5, 5.41) is 0. The van der Waals surface area contributed by atoms with E-state index in [1.807, 2.05) is 0 Å². The molecule has 0 saturated carbocycles. The van der Waals surface area contributed by atoms with Crippen LogP contribution < -0.4 is 0 Å². The molecule has 3 nitrogen and oxygen atoms in total. The molecule has 0 amide bonds. The highest BCUT2D eigenvalue weighted by atomic mass is 16.5. The zero-order valence-corrected chi connectivity index (χ0v) is 7.19. The minimum Gasteiger partial charge on any atom is -0.497 e. The van der Waals surface area contributed by atoms with Gasteiger partial charge in [0, 0.05) is 7.11 Å². The Labute approximate surface area is 71.7 Å². The monoisotopic (exact) mass is 168 g/mol. The summed E-state index contributed by atoms with van der Waals surface area (Å²) in [5.41, 5.74) is 0. The van der Waals surface area contributed by atoms with Crippen molar-refractivity contribution in [3.8, 4) is 0 Å². The molecule has 2 atom stereocenters. The zero-order valence-electron chi connectivity index (χ0n) is 7.19. The quantitative estimate of drug-likeness (QED) is 0.588. The van der Waals surface area contributed by atoms with E-state index in [4.69, 9.17) is 9.47 Å². The molecule has 0 spiro atoms. The first-order chi connectivity index (χ1) is 5.81. The second-order valence-corrected chi connectivity index (χ2v) is 2.55. The van der Waals surface area contributed by atoms with Crippen LogP contribution in [0, 0.1) is 5.92 Å². The summed E-state index contributed by atoms with van der Waals surface area (Å²) in [6.07, 6.45) is 6.02. The van der Waals surface area contributed by atoms with Crippen LogP contribution in [0.25, 0.3) is 0 Å². The van der Waals surface area contributed by atoms with Crippen molar-refractivity contribution in [2.24, 2.45) is 5.92 Å². The summed E-state index contributed by atoms with van der Waals surface area (Å²) >= 11 is 0. The molecule has 3 heteroatoms. The Hall–Kier alpha value is -1.09. The Balaban J connectivity index is 2.73. The molecule has 1 aliphatic carbocycles. The molecule has 0 aromatic rings. The van der Waals surface area contributed by atoms with Gasteiger partial charge in [-0.15, -0.1) is 0 Å². The summed E-state index contributed by atoms with van der Waals surface area (Å²) in [7, 11) is 3.16. The van der Waals surface area contributed by atoms with Gasteiger partial charge in [-0.2, -0.15) is 0 Å². The normalized spacial score (nSPS) is 28.0. The van der Waals surface area contributed by atoms with E-state index < -0.39 is 0 Å². The number of allylic oxidation sites excluding steroid dienone is 1. The molecule has 0 aromatic carbocycles. The number of hydrogen-bond donors (Lipinski definition) is 0. The van der Waals surface area contributed by atoms with Crippen molar-refractivity contribution < 1.29 is 14.3 Å². The van der Waals surface area contributed by atoms with E-state index >= 15 is 0 Å². The fraction of sp³-hybridized carbons (Fsp3) is 0.444. The first-order valence-corrected chi connectivity index (χ1v) is 3.74. The second-order valence-electron chi connectivity index (χ2n) is 2.55. The average Bonchev–Trinajstić information content (AvgIpc) is 2.16. The number of hydrogen-bond acceptors (Lipinski definition) is 3. The fourth-order valence-electron chi connectivity index (χ4n) is 1.13. The lowest BCUT2D eigenvalue weighted by Crippen LogP contribution is -2.23. The van der Waals surface area contributed by atoms with Gasteiger partial charge in [0.25, 0.3) is 0 Å². The number of rotatable bonds is 3. The van der Waals surface area contributed by atoms with Crippen LogP contribution in [-0.4, -0.2) is 26.6 Å². The van der Waals surface area contributed by atoms with Gasteiger partial charge in [0.05, 0.1) is 19.1 Å².